The molecule has 1 N–H and O–H groups in total. The molecule has 0 aromatic rings. The first-order chi connectivity index (χ1) is 6.95. The topological polar surface area (TPSA) is 12.0 Å². The highest BCUT2D eigenvalue weighted by Crippen LogP contribution is 2.13. The Bertz CT molecular complexity index is 135. The molecule has 0 aromatic heterocycles. The predicted octanol–water partition coefficient (Wildman–Crippen LogP) is 4.37. The Kier molecular flexibility index (Phi) is 8.13. The lowest BCUT2D eigenvalue weighted by atomic mass is 9.99. The summed E-state index contributed by atoms with van der Waals surface area (Å²) < 4.78 is 0. The first kappa shape index (κ1) is 15.0. The van der Waals surface area contributed by atoms with Crippen molar-refractivity contribution in [3.05, 3.63) is 0 Å². The normalized spacial score (nSPS) is 14.2. The van der Waals surface area contributed by atoms with Crippen molar-refractivity contribution in [3.63, 3.8) is 0 Å². The monoisotopic (exact) mass is 213 g/mol. The molecule has 1 atom stereocenters. The van der Waals surface area contributed by atoms with E-state index in [1.165, 1.54) is 45.1 Å². The van der Waals surface area contributed by atoms with Gasteiger partial charge < -0.3 is 5.32 Å². The van der Waals surface area contributed by atoms with E-state index < -0.39 is 0 Å². The molecule has 15 heavy (non-hydrogen) atoms. The Morgan fingerprint density at radius 2 is 1.67 bits per heavy atom. The van der Waals surface area contributed by atoms with Crippen molar-refractivity contribution in [3.8, 4) is 0 Å². The minimum absolute atomic E-state index is 0.280. The van der Waals surface area contributed by atoms with Crippen LogP contribution in [-0.4, -0.2) is 12.1 Å². The van der Waals surface area contributed by atoms with Gasteiger partial charge in [0.2, 0.25) is 0 Å². The van der Waals surface area contributed by atoms with Gasteiger partial charge in [-0.15, -0.1) is 0 Å². The molecule has 0 aromatic carbocycles. The standard InChI is InChI=1S/C14H31N/c1-6-7-8-9-10-13(2)11-12-15-14(3,4)5/h13,15H,6-12H2,1-5H3. The lowest BCUT2D eigenvalue weighted by Crippen LogP contribution is -2.36. The highest BCUT2D eigenvalue weighted by molar-refractivity contribution is 4.70. The number of unbranched alkanes of at least 4 members (excludes halogenated alkanes) is 3. The van der Waals surface area contributed by atoms with Gasteiger partial charge in [0.25, 0.3) is 0 Å². The van der Waals surface area contributed by atoms with E-state index in [1.54, 1.807) is 0 Å². The van der Waals surface area contributed by atoms with E-state index >= 15 is 0 Å². The molecule has 0 heterocycles. The Hall–Kier alpha value is -0.0400. The van der Waals surface area contributed by atoms with Crippen LogP contribution in [0.4, 0.5) is 0 Å². The smallest absolute Gasteiger partial charge is 0.00965 e. The van der Waals surface area contributed by atoms with E-state index in [9.17, 15) is 0 Å². The fourth-order valence-electron chi connectivity index (χ4n) is 1.76. The molecule has 0 saturated heterocycles. The van der Waals surface area contributed by atoms with E-state index in [0.717, 1.165) is 5.92 Å². The molecule has 0 aliphatic carbocycles. The summed E-state index contributed by atoms with van der Waals surface area (Å²) in [5.41, 5.74) is 0.280. The van der Waals surface area contributed by atoms with Crippen molar-refractivity contribution in [1.29, 1.82) is 0 Å². The summed E-state index contributed by atoms with van der Waals surface area (Å²) in [4.78, 5) is 0. The molecule has 1 heteroatoms. The second-order valence-corrected chi connectivity index (χ2v) is 5.92. The third-order valence-electron chi connectivity index (χ3n) is 2.84. The first-order valence-corrected chi connectivity index (χ1v) is 6.70. The van der Waals surface area contributed by atoms with E-state index in [4.69, 9.17) is 0 Å². The molecule has 1 nitrogen and oxygen atoms in total. The molecule has 0 aliphatic heterocycles. The van der Waals surface area contributed by atoms with Crippen LogP contribution in [0.3, 0.4) is 0 Å². The van der Waals surface area contributed by atoms with E-state index in [-0.39, 0.29) is 5.54 Å². The van der Waals surface area contributed by atoms with Crippen LogP contribution in [0.1, 0.15) is 73.1 Å². The fourth-order valence-corrected chi connectivity index (χ4v) is 1.76. The zero-order valence-electron chi connectivity index (χ0n) is 11.5. The Morgan fingerprint density at radius 1 is 1.00 bits per heavy atom. The van der Waals surface area contributed by atoms with Crippen LogP contribution in [0.2, 0.25) is 0 Å². The van der Waals surface area contributed by atoms with Gasteiger partial charge in [-0.3, -0.25) is 0 Å². The second-order valence-electron chi connectivity index (χ2n) is 5.92. The lowest BCUT2D eigenvalue weighted by molar-refractivity contribution is 0.380. The summed E-state index contributed by atoms with van der Waals surface area (Å²) in [5.74, 6) is 0.886. The van der Waals surface area contributed by atoms with Crippen LogP contribution in [0.5, 0.6) is 0 Å². The summed E-state index contributed by atoms with van der Waals surface area (Å²) in [6.45, 7) is 12.5. The van der Waals surface area contributed by atoms with Crippen molar-refractivity contribution in [2.75, 3.05) is 6.54 Å². The van der Waals surface area contributed by atoms with Gasteiger partial charge in [0.05, 0.1) is 0 Å². The van der Waals surface area contributed by atoms with Crippen molar-refractivity contribution in [2.24, 2.45) is 5.92 Å². The molecule has 0 bridgehead atoms. The SMILES string of the molecule is CCCCCCC(C)CCNC(C)(C)C. The summed E-state index contributed by atoms with van der Waals surface area (Å²) in [5, 5.41) is 3.55. The molecule has 0 spiro atoms. The average Bonchev–Trinajstić information content (AvgIpc) is 2.10. The molecule has 0 aliphatic rings. The number of hydrogen-bond donors (Lipinski definition) is 1. The summed E-state index contributed by atoms with van der Waals surface area (Å²) >= 11 is 0. The molecular formula is C14H31N. The van der Waals surface area contributed by atoms with Gasteiger partial charge in [-0.1, -0.05) is 46.0 Å². The van der Waals surface area contributed by atoms with Crippen molar-refractivity contribution >= 4 is 0 Å². The fraction of sp³-hybridized carbons (Fsp3) is 1.00. The maximum Gasteiger partial charge on any atom is 0.00965 e. The second kappa shape index (κ2) is 8.15. The Balaban J connectivity index is 3.29. The van der Waals surface area contributed by atoms with Gasteiger partial charge >= 0.3 is 0 Å². The van der Waals surface area contributed by atoms with Crippen molar-refractivity contribution < 1.29 is 0 Å². The van der Waals surface area contributed by atoms with Crippen LogP contribution in [-0.2, 0) is 0 Å². The van der Waals surface area contributed by atoms with E-state index in [0.29, 0.717) is 0 Å². The van der Waals surface area contributed by atoms with Crippen LogP contribution >= 0.6 is 0 Å². The molecule has 0 radical (unpaired) electrons. The molecule has 92 valence electrons. The first-order valence-electron chi connectivity index (χ1n) is 6.70. The highest BCUT2D eigenvalue weighted by atomic mass is 14.9. The summed E-state index contributed by atoms with van der Waals surface area (Å²) in [6, 6.07) is 0. The molecule has 0 fully saturated rings. The van der Waals surface area contributed by atoms with Gasteiger partial charge in [-0.25, -0.2) is 0 Å². The summed E-state index contributed by atoms with van der Waals surface area (Å²) in [6.07, 6.45) is 8.33. The van der Waals surface area contributed by atoms with Gasteiger partial charge in [0.1, 0.15) is 0 Å². The number of hydrogen-bond acceptors (Lipinski definition) is 1. The predicted molar refractivity (Wildman–Crippen MR) is 70.3 cm³/mol. The third kappa shape index (κ3) is 11.9. The molecular weight excluding hydrogens is 182 g/mol. The average molecular weight is 213 g/mol. The van der Waals surface area contributed by atoms with Crippen LogP contribution in [0.15, 0.2) is 0 Å². The van der Waals surface area contributed by atoms with Crippen molar-refractivity contribution in [2.45, 2.75) is 78.7 Å². The van der Waals surface area contributed by atoms with Gasteiger partial charge in [0, 0.05) is 5.54 Å². The quantitative estimate of drug-likeness (QED) is 0.590. The number of rotatable bonds is 8. The summed E-state index contributed by atoms with van der Waals surface area (Å²) in [7, 11) is 0. The van der Waals surface area contributed by atoms with Crippen LogP contribution < -0.4 is 5.32 Å². The molecule has 0 rings (SSSR count). The minimum atomic E-state index is 0.280. The zero-order chi connectivity index (χ0) is 11.7. The minimum Gasteiger partial charge on any atom is -0.312 e. The molecule has 0 saturated carbocycles. The molecule has 0 amide bonds. The molecule has 1 unspecified atom stereocenters. The van der Waals surface area contributed by atoms with Crippen LogP contribution in [0.25, 0.3) is 0 Å². The zero-order valence-corrected chi connectivity index (χ0v) is 11.5. The lowest BCUT2D eigenvalue weighted by Gasteiger charge is -2.21. The highest BCUT2D eigenvalue weighted by Gasteiger charge is 2.09. The van der Waals surface area contributed by atoms with Gasteiger partial charge in [-0.05, 0) is 39.7 Å². The Morgan fingerprint density at radius 3 is 2.20 bits per heavy atom. The maximum atomic E-state index is 3.55. The number of nitrogens with one attached hydrogen (secondary N) is 1. The van der Waals surface area contributed by atoms with Gasteiger partial charge in [-0.2, -0.15) is 0 Å². The van der Waals surface area contributed by atoms with Crippen molar-refractivity contribution in [1.82, 2.24) is 5.32 Å². The van der Waals surface area contributed by atoms with Gasteiger partial charge in [0.15, 0.2) is 0 Å². The van der Waals surface area contributed by atoms with E-state index in [2.05, 4.69) is 39.9 Å². The van der Waals surface area contributed by atoms with Crippen LogP contribution in [0, 0.1) is 5.92 Å². The largest absolute Gasteiger partial charge is 0.312 e. The maximum absolute atomic E-state index is 3.55. The third-order valence-corrected chi connectivity index (χ3v) is 2.84. The Labute approximate surface area is 97.0 Å². The van der Waals surface area contributed by atoms with E-state index in [1.807, 2.05) is 0 Å².